The van der Waals surface area contributed by atoms with Gasteiger partial charge in [-0.1, -0.05) is 11.6 Å². The van der Waals surface area contributed by atoms with Crippen molar-refractivity contribution in [3.63, 3.8) is 0 Å². The summed E-state index contributed by atoms with van der Waals surface area (Å²) >= 11 is 5.78. The van der Waals surface area contributed by atoms with E-state index >= 15 is 0 Å². The Morgan fingerprint density at radius 2 is 2.23 bits per heavy atom. The quantitative estimate of drug-likeness (QED) is 0.647. The molecule has 0 radical (unpaired) electrons. The predicted molar refractivity (Wildman–Crippen MR) is 50.3 cm³/mol. The maximum Gasteiger partial charge on any atom is 0.170 e. The lowest BCUT2D eigenvalue weighted by atomic mass is 10.0. The topological polar surface area (TPSA) is 52.3 Å². The van der Waals surface area contributed by atoms with Gasteiger partial charge in [0.15, 0.2) is 11.5 Å². The number of Topliss-reactive ketones (excluding diaryl/α,β-unsaturated/α-hetero) is 1. The van der Waals surface area contributed by atoms with Gasteiger partial charge in [-0.05, 0) is 12.1 Å². The van der Waals surface area contributed by atoms with E-state index in [0.717, 1.165) is 0 Å². The number of hydrogen-bond donors (Lipinski definition) is 1. The molecule has 0 amide bonds. The van der Waals surface area contributed by atoms with Crippen LogP contribution >= 0.6 is 11.6 Å². The Bertz CT molecular complexity index is 376. The van der Waals surface area contributed by atoms with E-state index in [1.807, 2.05) is 0 Å². The molecule has 0 aliphatic carbocycles. The molecule has 4 heteroatoms. The van der Waals surface area contributed by atoms with Crippen LogP contribution in [0.2, 0.25) is 5.02 Å². The van der Waals surface area contributed by atoms with Crippen LogP contribution in [-0.4, -0.2) is 12.4 Å². The molecule has 13 heavy (non-hydrogen) atoms. The first-order valence-electron chi connectivity index (χ1n) is 3.94. The van der Waals surface area contributed by atoms with Crippen LogP contribution in [0.4, 0.5) is 5.69 Å². The molecule has 0 aromatic heterocycles. The van der Waals surface area contributed by atoms with Gasteiger partial charge in [-0.15, -0.1) is 0 Å². The van der Waals surface area contributed by atoms with Gasteiger partial charge >= 0.3 is 0 Å². The molecule has 0 saturated carbocycles. The van der Waals surface area contributed by atoms with Gasteiger partial charge in [0.05, 0.1) is 22.9 Å². The van der Waals surface area contributed by atoms with Gasteiger partial charge in [0.2, 0.25) is 0 Å². The number of carbonyl (C=O) groups is 1. The third-order valence-corrected chi connectivity index (χ3v) is 2.35. The van der Waals surface area contributed by atoms with Crippen molar-refractivity contribution in [2.75, 3.05) is 12.3 Å². The molecular weight excluding hydrogens is 190 g/mol. The molecule has 2 rings (SSSR count). The smallest absolute Gasteiger partial charge is 0.170 e. The molecule has 1 aliphatic heterocycles. The molecule has 1 aliphatic rings. The normalized spacial score (nSPS) is 15.0. The van der Waals surface area contributed by atoms with Crippen LogP contribution < -0.4 is 10.5 Å². The summed E-state index contributed by atoms with van der Waals surface area (Å²) in [4.78, 5) is 11.4. The standard InChI is InChI=1S/C9H8ClNO2/c10-6-2-1-5-7(12)3-4-13-9(5)8(6)11/h1-2H,3-4,11H2. The number of nitrogen functional groups attached to an aromatic ring is 1. The second-order valence-corrected chi connectivity index (χ2v) is 3.27. The number of hydrogen-bond acceptors (Lipinski definition) is 3. The molecular formula is C9H8ClNO2. The lowest BCUT2D eigenvalue weighted by molar-refractivity contribution is 0.0934. The fraction of sp³-hybridized carbons (Fsp3) is 0.222. The molecule has 2 N–H and O–H groups in total. The van der Waals surface area contributed by atoms with Crippen LogP contribution in [-0.2, 0) is 0 Å². The van der Waals surface area contributed by atoms with Gasteiger partial charge < -0.3 is 10.5 Å². The Hall–Kier alpha value is -1.22. The van der Waals surface area contributed by atoms with E-state index in [2.05, 4.69) is 0 Å². The number of ketones is 1. The second kappa shape index (κ2) is 2.92. The second-order valence-electron chi connectivity index (χ2n) is 2.86. The zero-order valence-corrected chi connectivity index (χ0v) is 7.60. The van der Waals surface area contributed by atoms with Crippen LogP contribution in [0.1, 0.15) is 16.8 Å². The van der Waals surface area contributed by atoms with E-state index in [-0.39, 0.29) is 5.78 Å². The molecule has 0 saturated heterocycles. The molecule has 68 valence electrons. The Balaban J connectivity index is 2.63. The molecule has 0 fully saturated rings. The van der Waals surface area contributed by atoms with Gasteiger partial charge in [0, 0.05) is 6.42 Å². The number of ether oxygens (including phenoxy) is 1. The van der Waals surface area contributed by atoms with E-state index in [0.29, 0.717) is 35.1 Å². The summed E-state index contributed by atoms with van der Waals surface area (Å²) in [6.07, 6.45) is 0.411. The number of carbonyl (C=O) groups excluding carboxylic acids is 1. The highest BCUT2D eigenvalue weighted by Crippen LogP contribution is 2.35. The number of anilines is 1. The monoisotopic (exact) mass is 197 g/mol. The number of nitrogens with two attached hydrogens (primary N) is 1. The van der Waals surface area contributed by atoms with Crippen molar-refractivity contribution < 1.29 is 9.53 Å². The number of rotatable bonds is 0. The highest BCUT2D eigenvalue weighted by atomic mass is 35.5. The van der Waals surface area contributed by atoms with Crippen molar-refractivity contribution in [2.45, 2.75) is 6.42 Å². The first kappa shape index (κ1) is 8.38. The zero-order chi connectivity index (χ0) is 9.42. The van der Waals surface area contributed by atoms with Crippen LogP contribution in [0.3, 0.4) is 0 Å². The van der Waals surface area contributed by atoms with Gasteiger partial charge in [-0.3, -0.25) is 4.79 Å². The minimum Gasteiger partial charge on any atom is -0.490 e. The highest BCUT2D eigenvalue weighted by Gasteiger charge is 2.21. The van der Waals surface area contributed by atoms with Crippen LogP contribution in [0.25, 0.3) is 0 Å². The van der Waals surface area contributed by atoms with Crippen molar-refractivity contribution >= 4 is 23.1 Å². The predicted octanol–water partition coefficient (Wildman–Crippen LogP) is 1.89. The largest absolute Gasteiger partial charge is 0.490 e. The van der Waals surface area contributed by atoms with Crippen molar-refractivity contribution in [1.82, 2.24) is 0 Å². The van der Waals surface area contributed by atoms with E-state index in [9.17, 15) is 4.79 Å². The average molecular weight is 198 g/mol. The van der Waals surface area contributed by atoms with Gasteiger partial charge in [-0.25, -0.2) is 0 Å². The molecule has 1 aromatic rings. The summed E-state index contributed by atoms with van der Waals surface area (Å²) in [7, 11) is 0. The third kappa shape index (κ3) is 1.25. The molecule has 0 unspecified atom stereocenters. The number of halogens is 1. The van der Waals surface area contributed by atoms with Gasteiger partial charge in [-0.2, -0.15) is 0 Å². The Labute approximate surface area is 80.4 Å². The summed E-state index contributed by atoms with van der Waals surface area (Å²) in [6, 6.07) is 3.26. The fourth-order valence-electron chi connectivity index (χ4n) is 1.33. The molecule has 0 bridgehead atoms. The van der Waals surface area contributed by atoms with Gasteiger partial charge in [0.1, 0.15) is 0 Å². The number of benzene rings is 1. The highest BCUT2D eigenvalue weighted by molar-refractivity contribution is 6.33. The molecule has 0 spiro atoms. The molecule has 3 nitrogen and oxygen atoms in total. The summed E-state index contributed by atoms with van der Waals surface area (Å²) in [5.74, 6) is 0.494. The molecule has 1 aromatic carbocycles. The van der Waals surface area contributed by atoms with Crippen molar-refractivity contribution in [3.8, 4) is 5.75 Å². The average Bonchev–Trinajstić information content (AvgIpc) is 2.12. The van der Waals surface area contributed by atoms with E-state index < -0.39 is 0 Å². The Morgan fingerprint density at radius 1 is 1.46 bits per heavy atom. The first-order chi connectivity index (χ1) is 6.20. The van der Waals surface area contributed by atoms with Crippen molar-refractivity contribution in [1.29, 1.82) is 0 Å². The minimum atomic E-state index is 0.0598. The Kier molecular flexibility index (Phi) is 1.88. The minimum absolute atomic E-state index is 0.0598. The molecule has 0 atom stereocenters. The summed E-state index contributed by atoms with van der Waals surface area (Å²) in [5, 5.41) is 0.424. The van der Waals surface area contributed by atoms with Crippen LogP contribution in [0, 0.1) is 0 Å². The third-order valence-electron chi connectivity index (χ3n) is 2.02. The van der Waals surface area contributed by atoms with Crippen LogP contribution in [0.15, 0.2) is 12.1 Å². The van der Waals surface area contributed by atoms with E-state index in [1.165, 1.54) is 0 Å². The lowest BCUT2D eigenvalue weighted by Crippen LogP contribution is -2.16. The summed E-state index contributed by atoms with van der Waals surface area (Å²) in [6.45, 7) is 0.385. The maximum atomic E-state index is 11.4. The van der Waals surface area contributed by atoms with Gasteiger partial charge in [0.25, 0.3) is 0 Å². The summed E-state index contributed by atoms with van der Waals surface area (Å²) < 4.78 is 5.28. The first-order valence-corrected chi connectivity index (χ1v) is 4.32. The van der Waals surface area contributed by atoms with Crippen molar-refractivity contribution in [3.05, 3.63) is 22.7 Å². The van der Waals surface area contributed by atoms with Crippen LogP contribution in [0.5, 0.6) is 5.75 Å². The SMILES string of the molecule is Nc1c(Cl)ccc2c1OCCC2=O. The fourth-order valence-corrected chi connectivity index (χ4v) is 1.48. The van der Waals surface area contributed by atoms with E-state index in [1.54, 1.807) is 12.1 Å². The van der Waals surface area contributed by atoms with E-state index in [4.69, 9.17) is 22.1 Å². The van der Waals surface area contributed by atoms with Crippen molar-refractivity contribution in [2.24, 2.45) is 0 Å². The zero-order valence-electron chi connectivity index (χ0n) is 6.84. The molecule has 1 heterocycles. The Morgan fingerprint density at radius 3 is 3.00 bits per heavy atom. The lowest BCUT2D eigenvalue weighted by Gasteiger charge is -2.18. The maximum absolute atomic E-state index is 11.4. The number of fused-ring (bicyclic) bond motifs is 1. The summed E-state index contributed by atoms with van der Waals surface area (Å²) in [5.41, 5.74) is 6.55.